The van der Waals surface area contributed by atoms with Crippen LogP contribution in [0.2, 0.25) is 0 Å². The van der Waals surface area contributed by atoms with Crippen molar-refractivity contribution in [1.82, 2.24) is 19.9 Å². The van der Waals surface area contributed by atoms with Crippen LogP contribution in [0.4, 0.5) is 11.5 Å². The first-order valence-corrected chi connectivity index (χ1v) is 6.60. The summed E-state index contributed by atoms with van der Waals surface area (Å²) in [6.45, 7) is 0. The Morgan fingerprint density at radius 3 is 2.24 bits per heavy atom. The first-order chi connectivity index (χ1) is 10.4. The van der Waals surface area contributed by atoms with Crippen molar-refractivity contribution >= 4 is 33.7 Å². The van der Waals surface area contributed by atoms with E-state index in [1.165, 1.54) is 6.33 Å². The average molecular weight is 273 g/mol. The van der Waals surface area contributed by atoms with E-state index in [4.69, 9.17) is 0 Å². The van der Waals surface area contributed by atoms with Crippen LogP contribution in [0, 0.1) is 0 Å². The van der Waals surface area contributed by atoms with Gasteiger partial charge in [-0.3, -0.25) is 0 Å². The van der Waals surface area contributed by atoms with Gasteiger partial charge in [-0.1, -0.05) is 30.3 Å². The van der Waals surface area contributed by atoms with Crippen LogP contribution in [0.5, 0.6) is 0 Å². The largest absolute Gasteiger partial charge is 0.338 e. The number of hydrogen-bond donors (Lipinski definition) is 1. The van der Waals surface area contributed by atoms with Crippen LogP contribution in [0.1, 0.15) is 0 Å². The second-order valence-corrected chi connectivity index (χ2v) is 4.60. The fourth-order valence-electron chi connectivity index (χ4n) is 2.19. The Morgan fingerprint density at radius 2 is 1.43 bits per heavy atom. The van der Waals surface area contributed by atoms with Crippen molar-refractivity contribution in [3.63, 3.8) is 0 Å². The molecule has 0 aliphatic carbocycles. The molecule has 4 rings (SSSR count). The quantitative estimate of drug-likeness (QED) is 0.568. The molecule has 0 saturated carbocycles. The molecule has 100 valence electrons. The third-order valence-electron chi connectivity index (χ3n) is 3.18. The minimum atomic E-state index is 0.585. The SMILES string of the molecule is c1ccc(Nc2ncnc3nc4ccccc4nc23)cc1. The molecule has 0 aliphatic heterocycles. The van der Waals surface area contributed by atoms with Gasteiger partial charge in [-0.25, -0.2) is 19.9 Å². The molecule has 0 fully saturated rings. The monoisotopic (exact) mass is 273 g/mol. The lowest BCUT2D eigenvalue weighted by Gasteiger charge is -2.07. The highest BCUT2D eigenvalue weighted by Gasteiger charge is 2.08. The van der Waals surface area contributed by atoms with Gasteiger partial charge in [0.2, 0.25) is 0 Å². The summed E-state index contributed by atoms with van der Waals surface area (Å²) in [5.41, 5.74) is 3.86. The number of rotatable bonds is 2. The Bertz CT molecular complexity index is 921. The van der Waals surface area contributed by atoms with E-state index >= 15 is 0 Å². The molecule has 0 saturated heterocycles. The van der Waals surface area contributed by atoms with E-state index in [0.717, 1.165) is 16.7 Å². The molecule has 0 bridgehead atoms. The van der Waals surface area contributed by atoms with E-state index in [1.807, 2.05) is 54.6 Å². The van der Waals surface area contributed by atoms with Crippen molar-refractivity contribution in [2.75, 3.05) is 5.32 Å². The van der Waals surface area contributed by atoms with E-state index in [9.17, 15) is 0 Å². The van der Waals surface area contributed by atoms with Crippen molar-refractivity contribution in [2.24, 2.45) is 0 Å². The average Bonchev–Trinajstić information content (AvgIpc) is 2.54. The van der Waals surface area contributed by atoms with Crippen LogP contribution >= 0.6 is 0 Å². The van der Waals surface area contributed by atoms with Gasteiger partial charge in [-0.2, -0.15) is 0 Å². The molecule has 1 N–H and O–H groups in total. The summed E-state index contributed by atoms with van der Waals surface area (Å²) >= 11 is 0. The molecular formula is C16H11N5. The molecule has 0 unspecified atom stereocenters. The first kappa shape index (κ1) is 11.7. The number of nitrogens with one attached hydrogen (secondary N) is 1. The molecule has 5 nitrogen and oxygen atoms in total. The minimum Gasteiger partial charge on any atom is -0.338 e. The zero-order valence-corrected chi connectivity index (χ0v) is 11.1. The summed E-state index contributed by atoms with van der Waals surface area (Å²) in [6, 6.07) is 17.6. The van der Waals surface area contributed by atoms with Gasteiger partial charge >= 0.3 is 0 Å². The molecule has 0 amide bonds. The smallest absolute Gasteiger partial charge is 0.184 e. The van der Waals surface area contributed by atoms with Gasteiger partial charge in [-0.15, -0.1) is 0 Å². The molecule has 0 aliphatic rings. The number of aromatic nitrogens is 4. The second kappa shape index (κ2) is 4.79. The van der Waals surface area contributed by atoms with Crippen molar-refractivity contribution < 1.29 is 0 Å². The number of nitrogens with zero attached hydrogens (tertiary/aromatic N) is 4. The molecule has 2 heterocycles. The van der Waals surface area contributed by atoms with Crippen LogP contribution in [0.3, 0.4) is 0 Å². The van der Waals surface area contributed by atoms with Crippen LogP contribution in [0.25, 0.3) is 22.2 Å². The van der Waals surface area contributed by atoms with Crippen LogP contribution in [-0.2, 0) is 0 Å². The Labute approximate surface area is 120 Å². The molecule has 21 heavy (non-hydrogen) atoms. The standard InChI is InChI=1S/C16H11N5/c1-2-6-11(7-3-1)19-15-14-16(18-10-17-15)21-13-9-5-4-8-12(13)20-14/h1-10H,(H,17,18,19,21). The molecule has 4 aromatic rings. The highest BCUT2D eigenvalue weighted by molar-refractivity contribution is 5.90. The number of fused-ring (bicyclic) bond motifs is 2. The summed E-state index contributed by atoms with van der Waals surface area (Å²) < 4.78 is 0. The molecular weight excluding hydrogens is 262 g/mol. The predicted octanol–water partition coefficient (Wildman–Crippen LogP) is 3.32. The van der Waals surface area contributed by atoms with Crippen LogP contribution in [0.15, 0.2) is 60.9 Å². The van der Waals surface area contributed by atoms with E-state index in [-0.39, 0.29) is 0 Å². The maximum atomic E-state index is 4.62. The van der Waals surface area contributed by atoms with Crippen molar-refractivity contribution in [1.29, 1.82) is 0 Å². The number of hydrogen-bond acceptors (Lipinski definition) is 5. The molecule has 0 radical (unpaired) electrons. The van der Waals surface area contributed by atoms with Gasteiger partial charge in [0.1, 0.15) is 6.33 Å². The summed E-state index contributed by atoms with van der Waals surface area (Å²) in [4.78, 5) is 17.6. The normalized spacial score (nSPS) is 10.9. The number of para-hydroxylation sites is 3. The van der Waals surface area contributed by atoms with Crippen LogP contribution < -0.4 is 5.32 Å². The molecule has 5 heteroatoms. The van der Waals surface area contributed by atoms with E-state index < -0.39 is 0 Å². The maximum absolute atomic E-state index is 4.62. The Balaban J connectivity index is 1.90. The topological polar surface area (TPSA) is 63.6 Å². The Hall–Kier alpha value is -3.08. The van der Waals surface area contributed by atoms with E-state index in [0.29, 0.717) is 17.0 Å². The maximum Gasteiger partial charge on any atom is 0.184 e. The van der Waals surface area contributed by atoms with Gasteiger partial charge in [0.15, 0.2) is 17.0 Å². The number of anilines is 2. The third-order valence-corrected chi connectivity index (χ3v) is 3.18. The molecule has 0 atom stereocenters. The zero-order chi connectivity index (χ0) is 14.1. The Morgan fingerprint density at radius 1 is 0.714 bits per heavy atom. The third kappa shape index (κ3) is 2.14. The second-order valence-electron chi connectivity index (χ2n) is 4.60. The summed E-state index contributed by atoms with van der Waals surface area (Å²) in [7, 11) is 0. The fraction of sp³-hybridized carbons (Fsp3) is 0. The van der Waals surface area contributed by atoms with Crippen LogP contribution in [-0.4, -0.2) is 19.9 Å². The molecule has 0 spiro atoms. The lowest BCUT2D eigenvalue weighted by atomic mass is 10.3. The predicted molar refractivity (Wildman–Crippen MR) is 82.4 cm³/mol. The molecule has 2 aromatic heterocycles. The highest BCUT2D eigenvalue weighted by atomic mass is 15.1. The number of benzene rings is 2. The van der Waals surface area contributed by atoms with E-state index in [2.05, 4.69) is 25.3 Å². The summed E-state index contributed by atoms with van der Waals surface area (Å²) in [5, 5.41) is 3.26. The Kier molecular flexibility index (Phi) is 2.67. The highest BCUT2D eigenvalue weighted by Crippen LogP contribution is 2.22. The fourth-order valence-corrected chi connectivity index (χ4v) is 2.19. The van der Waals surface area contributed by atoms with Crippen molar-refractivity contribution in [3.05, 3.63) is 60.9 Å². The van der Waals surface area contributed by atoms with E-state index in [1.54, 1.807) is 0 Å². The van der Waals surface area contributed by atoms with Crippen molar-refractivity contribution in [3.8, 4) is 0 Å². The lowest BCUT2D eigenvalue weighted by molar-refractivity contribution is 1.17. The van der Waals surface area contributed by atoms with Gasteiger partial charge in [0.05, 0.1) is 11.0 Å². The van der Waals surface area contributed by atoms with Gasteiger partial charge in [0, 0.05) is 5.69 Å². The zero-order valence-electron chi connectivity index (χ0n) is 11.1. The first-order valence-electron chi connectivity index (χ1n) is 6.60. The summed E-state index contributed by atoms with van der Waals surface area (Å²) in [6.07, 6.45) is 1.50. The summed E-state index contributed by atoms with van der Waals surface area (Å²) in [5.74, 6) is 0.657. The lowest BCUT2D eigenvalue weighted by Crippen LogP contribution is -1.99. The molecule has 2 aromatic carbocycles. The minimum absolute atomic E-state index is 0.585. The van der Waals surface area contributed by atoms with Gasteiger partial charge in [0.25, 0.3) is 0 Å². The van der Waals surface area contributed by atoms with Gasteiger partial charge in [-0.05, 0) is 24.3 Å². The van der Waals surface area contributed by atoms with Gasteiger partial charge < -0.3 is 5.32 Å². The van der Waals surface area contributed by atoms with Crippen molar-refractivity contribution in [2.45, 2.75) is 0 Å².